The van der Waals surface area contributed by atoms with E-state index in [1.165, 1.54) is 0 Å². The number of nitrogens with two attached hydrogens (primary N) is 1. The normalized spacial score (nSPS) is 10.8. The van der Waals surface area contributed by atoms with E-state index in [9.17, 15) is 4.79 Å². The number of anilines is 1. The lowest BCUT2D eigenvalue weighted by atomic mass is 10.1. The van der Waals surface area contributed by atoms with Crippen molar-refractivity contribution >= 4 is 28.7 Å². The maximum atomic E-state index is 11.4. The van der Waals surface area contributed by atoms with Crippen molar-refractivity contribution in [2.45, 2.75) is 52.8 Å². The molecular formula is C22H32BrN3O2. The van der Waals surface area contributed by atoms with Crippen molar-refractivity contribution < 1.29 is 9.53 Å². The number of hydrogen-bond donors (Lipinski definition) is 2. The van der Waals surface area contributed by atoms with Gasteiger partial charge in [-0.3, -0.25) is 4.90 Å². The smallest absolute Gasteiger partial charge is 0.316 e. The van der Waals surface area contributed by atoms with Crippen LogP contribution in [0.2, 0.25) is 0 Å². The SMILES string of the molecule is Br.CC(C)N(CCc1ccc(OCc2ccccc2)c(NC(N)=O)c1)C(C)C. The highest BCUT2D eigenvalue weighted by atomic mass is 79.9. The number of halogens is 1. The number of ether oxygens (including phenoxy) is 1. The summed E-state index contributed by atoms with van der Waals surface area (Å²) in [4.78, 5) is 13.8. The van der Waals surface area contributed by atoms with E-state index in [4.69, 9.17) is 10.5 Å². The molecule has 0 bridgehead atoms. The van der Waals surface area contributed by atoms with E-state index >= 15 is 0 Å². The Bertz CT molecular complexity index is 728. The molecule has 2 amide bonds. The van der Waals surface area contributed by atoms with Gasteiger partial charge in [0, 0.05) is 18.6 Å². The van der Waals surface area contributed by atoms with Crippen molar-refractivity contribution in [3.8, 4) is 5.75 Å². The molecule has 0 fully saturated rings. The molecule has 154 valence electrons. The van der Waals surface area contributed by atoms with Crippen LogP contribution in [0.15, 0.2) is 48.5 Å². The molecule has 0 aromatic heterocycles. The van der Waals surface area contributed by atoms with Gasteiger partial charge in [0.25, 0.3) is 0 Å². The molecule has 2 aromatic rings. The fourth-order valence-corrected chi connectivity index (χ4v) is 3.20. The van der Waals surface area contributed by atoms with Crippen LogP contribution in [0.4, 0.5) is 10.5 Å². The quantitative estimate of drug-likeness (QED) is 0.565. The number of carbonyl (C=O) groups is 1. The van der Waals surface area contributed by atoms with E-state index in [-0.39, 0.29) is 17.0 Å². The predicted molar refractivity (Wildman–Crippen MR) is 121 cm³/mol. The Hall–Kier alpha value is -2.05. The molecule has 5 nitrogen and oxygen atoms in total. The first kappa shape index (κ1) is 24.0. The highest BCUT2D eigenvalue weighted by Gasteiger charge is 2.14. The number of rotatable bonds is 9. The minimum atomic E-state index is -0.595. The third kappa shape index (κ3) is 7.52. The van der Waals surface area contributed by atoms with Crippen LogP contribution in [0.1, 0.15) is 38.8 Å². The lowest BCUT2D eigenvalue weighted by Gasteiger charge is -2.30. The molecule has 0 saturated carbocycles. The largest absolute Gasteiger partial charge is 0.487 e. The molecule has 2 rings (SSSR count). The minimum absolute atomic E-state index is 0. The standard InChI is InChI=1S/C22H31N3O2.BrH/c1-16(2)25(17(3)4)13-12-18-10-11-21(20(14-18)24-22(23)26)27-15-19-8-6-5-7-9-19;/h5-11,14,16-17H,12-13,15H2,1-4H3,(H3,23,24,26);1H. The summed E-state index contributed by atoms with van der Waals surface area (Å²) >= 11 is 0. The van der Waals surface area contributed by atoms with Crippen LogP contribution in [0, 0.1) is 0 Å². The van der Waals surface area contributed by atoms with Crippen molar-refractivity contribution in [2.24, 2.45) is 5.73 Å². The van der Waals surface area contributed by atoms with Gasteiger partial charge in [0.05, 0.1) is 5.69 Å². The molecule has 0 aliphatic carbocycles. The second-order valence-electron chi connectivity index (χ2n) is 7.27. The lowest BCUT2D eigenvalue weighted by Crippen LogP contribution is -2.38. The Balaban J connectivity index is 0.00000392. The molecule has 0 unspecified atom stereocenters. The van der Waals surface area contributed by atoms with Gasteiger partial charge < -0.3 is 15.8 Å². The van der Waals surface area contributed by atoms with E-state index < -0.39 is 6.03 Å². The summed E-state index contributed by atoms with van der Waals surface area (Å²) in [6.07, 6.45) is 0.892. The Morgan fingerprint density at radius 2 is 1.68 bits per heavy atom. The van der Waals surface area contributed by atoms with Crippen LogP contribution < -0.4 is 15.8 Å². The highest BCUT2D eigenvalue weighted by Crippen LogP contribution is 2.27. The topological polar surface area (TPSA) is 67.6 Å². The zero-order valence-electron chi connectivity index (χ0n) is 17.1. The van der Waals surface area contributed by atoms with Crippen LogP contribution in [0.3, 0.4) is 0 Å². The molecular weight excluding hydrogens is 418 g/mol. The Labute approximate surface area is 179 Å². The van der Waals surface area contributed by atoms with Crippen LogP contribution in [0.25, 0.3) is 0 Å². The summed E-state index contributed by atoms with van der Waals surface area (Å²) in [5.41, 5.74) is 8.15. The molecule has 3 N–H and O–H groups in total. The average molecular weight is 450 g/mol. The zero-order chi connectivity index (χ0) is 19.8. The Kier molecular flexibility index (Phi) is 10.0. The van der Waals surface area contributed by atoms with Crippen molar-refractivity contribution in [1.29, 1.82) is 0 Å². The van der Waals surface area contributed by atoms with Gasteiger partial charge in [-0.1, -0.05) is 36.4 Å². The molecule has 0 saturated heterocycles. The van der Waals surface area contributed by atoms with Crippen LogP contribution >= 0.6 is 17.0 Å². The average Bonchev–Trinajstić information content (AvgIpc) is 2.61. The highest BCUT2D eigenvalue weighted by molar-refractivity contribution is 8.93. The number of nitrogens with one attached hydrogen (secondary N) is 1. The molecule has 0 radical (unpaired) electrons. The molecule has 0 atom stereocenters. The predicted octanol–water partition coefficient (Wildman–Crippen LogP) is 5.00. The second-order valence-corrected chi connectivity index (χ2v) is 7.27. The first-order chi connectivity index (χ1) is 12.9. The van der Waals surface area contributed by atoms with Gasteiger partial charge in [0.1, 0.15) is 12.4 Å². The number of hydrogen-bond acceptors (Lipinski definition) is 3. The number of nitrogens with zero attached hydrogens (tertiary/aromatic N) is 1. The molecule has 2 aromatic carbocycles. The molecule has 0 spiro atoms. The van der Waals surface area contributed by atoms with E-state index in [1.807, 2.05) is 48.5 Å². The number of primary amides is 1. The van der Waals surface area contributed by atoms with Gasteiger partial charge in [-0.05, 0) is 57.4 Å². The molecule has 0 aliphatic rings. The number of carbonyl (C=O) groups excluding carboxylic acids is 1. The van der Waals surface area contributed by atoms with Crippen molar-refractivity contribution in [3.63, 3.8) is 0 Å². The van der Waals surface area contributed by atoms with E-state index in [0.29, 0.717) is 30.1 Å². The van der Waals surface area contributed by atoms with Gasteiger partial charge in [0.15, 0.2) is 0 Å². The third-order valence-corrected chi connectivity index (χ3v) is 4.52. The Morgan fingerprint density at radius 3 is 2.25 bits per heavy atom. The summed E-state index contributed by atoms with van der Waals surface area (Å²) in [5, 5.41) is 2.68. The fourth-order valence-electron chi connectivity index (χ4n) is 3.20. The van der Waals surface area contributed by atoms with Gasteiger partial charge >= 0.3 is 6.03 Å². The minimum Gasteiger partial charge on any atom is -0.487 e. The van der Waals surface area contributed by atoms with Crippen LogP contribution in [-0.4, -0.2) is 29.6 Å². The molecule has 0 aliphatic heterocycles. The maximum absolute atomic E-state index is 11.4. The summed E-state index contributed by atoms with van der Waals surface area (Å²) in [6.45, 7) is 10.2. The van der Waals surface area contributed by atoms with E-state index in [0.717, 1.165) is 24.1 Å². The maximum Gasteiger partial charge on any atom is 0.316 e. The van der Waals surface area contributed by atoms with Gasteiger partial charge in [-0.2, -0.15) is 0 Å². The van der Waals surface area contributed by atoms with Crippen LogP contribution in [-0.2, 0) is 13.0 Å². The number of amides is 2. The van der Waals surface area contributed by atoms with Crippen molar-refractivity contribution in [2.75, 3.05) is 11.9 Å². The van der Waals surface area contributed by atoms with Crippen molar-refractivity contribution in [1.82, 2.24) is 4.90 Å². The van der Waals surface area contributed by atoms with E-state index in [2.05, 4.69) is 37.9 Å². The summed E-state index contributed by atoms with van der Waals surface area (Å²) in [5.74, 6) is 0.617. The van der Waals surface area contributed by atoms with Gasteiger partial charge in [0.2, 0.25) is 0 Å². The van der Waals surface area contributed by atoms with Crippen LogP contribution in [0.5, 0.6) is 5.75 Å². The molecule has 28 heavy (non-hydrogen) atoms. The fraction of sp³-hybridized carbons (Fsp3) is 0.409. The number of benzene rings is 2. The first-order valence-electron chi connectivity index (χ1n) is 9.48. The molecule has 0 heterocycles. The summed E-state index contributed by atoms with van der Waals surface area (Å²) in [6, 6.07) is 16.2. The second kappa shape index (κ2) is 11.7. The van der Waals surface area contributed by atoms with Gasteiger partial charge in [-0.15, -0.1) is 17.0 Å². The van der Waals surface area contributed by atoms with E-state index in [1.54, 1.807) is 0 Å². The first-order valence-corrected chi connectivity index (χ1v) is 9.48. The number of urea groups is 1. The zero-order valence-corrected chi connectivity index (χ0v) is 18.9. The molecule has 6 heteroatoms. The summed E-state index contributed by atoms with van der Waals surface area (Å²) in [7, 11) is 0. The van der Waals surface area contributed by atoms with Gasteiger partial charge in [-0.25, -0.2) is 4.79 Å². The monoisotopic (exact) mass is 449 g/mol. The summed E-state index contributed by atoms with van der Waals surface area (Å²) < 4.78 is 5.90. The third-order valence-electron chi connectivity index (χ3n) is 4.52. The lowest BCUT2D eigenvalue weighted by molar-refractivity contribution is 0.177. The van der Waals surface area contributed by atoms with Crippen molar-refractivity contribution in [3.05, 3.63) is 59.7 Å². The Morgan fingerprint density at radius 1 is 1.04 bits per heavy atom.